The molecule has 2 amide bonds. The molecule has 0 heterocycles. The van der Waals surface area contributed by atoms with E-state index in [0.717, 1.165) is 11.1 Å². The highest BCUT2D eigenvalue weighted by atomic mass is 16.5. The molecule has 1 unspecified atom stereocenters. The molecule has 1 atom stereocenters. The van der Waals surface area contributed by atoms with E-state index in [0.29, 0.717) is 19.4 Å². The lowest BCUT2D eigenvalue weighted by molar-refractivity contribution is -0.137. The Bertz CT molecular complexity index is 982. The lowest BCUT2D eigenvalue weighted by Gasteiger charge is -2.25. The quantitative estimate of drug-likeness (QED) is 0.440. The first kappa shape index (κ1) is 25.3. The zero-order valence-electron chi connectivity index (χ0n) is 20.1. The van der Waals surface area contributed by atoms with Crippen molar-refractivity contribution < 1.29 is 24.2 Å². The number of rotatable bonds is 10. The Morgan fingerprint density at radius 2 is 1.59 bits per heavy atom. The number of carboxylic acids is 1. The number of carbonyl (C=O) groups is 3. The number of nitrogens with one attached hydrogen (secondary N) is 2. The van der Waals surface area contributed by atoms with Crippen LogP contribution in [0.1, 0.15) is 63.5 Å². The third-order valence-electron chi connectivity index (χ3n) is 5.84. The molecule has 0 saturated carbocycles. The van der Waals surface area contributed by atoms with Gasteiger partial charge in [-0.15, -0.1) is 0 Å². The number of alkyl carbamates (subject to hydrolysis) is 1. The van der Waals surface area contributed by atoms with E-state index in [1.54, 1.807) is 0 Å². The van der Waals surface area contributed by atoms with E-state index in [2.05, 4.69) is 34.9 Å². The third-order valence-corrected chi connectivity index (χ3v) is 5.84. The van der Waals surface area contributed by atoms with Crippen LogP contribution in [0.15, 0.2) is 48.5 Å². The van der Waals surface area contributed by atoms with Crippen molar-refractivity contribution >= 4 is 18.0 Å². The summed E-state index contributed by atoms with van der Waals surface area (Å²) in [7, 11) is 0. The van der Waals surface area contributed by atoms with Gasteiger partial charge in [-0.25, -0.2) is 4.79 Å². The first-order valence-corrected chi connectivity index (χ1v) is 11.7. The average Bonchev–Trinajstić information content (AvgIpc) is 3.07. The smallest absolute Gasteiger partial charge is 0.407 e. The highest BCUT2D eigenvalue weighted by Gasteiger charge is 2.29. The van der Waals surface area contributed by atoms with Gasteiger partial charge in [-0.1, -0.05) is 69.3 Å². The van der Waals surface area contributed by atoms with E-state index in [1.807, 2.05) is 45.0 Å². The van der Waals surface area contributed by atoms with Crippen molar-refractivity contribution in [2.75, 3.05) is 13.2 Å². The molecule has 1 aliphatic carbocycles. The van der Waals surface area contributed by atoms with Gasteiger partial charge < -0.3 is 20.5 Å². The number of hydrogen-bond donors (Lipinski definition) is 3. The van der Waals surface area contributed by atoms with Gasteiger partial charge in [0.05, 0.1) is 6.42 Å². The van der Waals surface area contributed by atoms with E-state index in [-0.39, 0.29) is 36.7 Å². The van der Waals surface area contributed by atoms with Crippen LogP contribution >= 0.6 is 0 Å². The number of fused-ring (bicyclic) bond motifs is 3. The van der Waals surface area contributed by atoms with Gasteiger partial charge in [-0.05, 0) is 40.5 Å². The largest absolute Gasteiger partial charge is 0.481 e. The Morgan fingerprint density at radius 3 is 2.15 bits per heavy atom. The van der Waals surface area contributed by atoms with Crippen LogP contribution in [0.4, 0.5) is 4.79 Å². The van der Waals surface area contributed by atoms with Crippen LogP contribution < -0.4 is 10.6 Å². The van der Waals surface area contributed by atoms with E-state index in [1.165, 1.54) is 11.1 Å². The summed E-state index contributed by atoms with van der Waals surface area (Å²) in [5.41, 5.74) is 4.55. The van der Waals surface area contributed by atoms with Crippen LogP contribution in [0.3, 0.4) is 0 Å². The summed E-state index contributed by atoms with van der Waals surface area (Å²) < 4.78 is 5.49. The molecule has 2 aromatic carbocycles. The molecule has 1 aliphatic rings. The molecule has 0 aliphatic heterocycles. The van der Waals surface area contributed by atoms with Crippen molar-refractivity contribution in [3.63, 3.8) is 0 Å². The minimum absolute atomic E-state index is 0.00193. The molecule has 0 saturated heterocycles. The topological polar surface area (TPSA) is 105 Å². The van der Waals surface area contributed by atoms with Gasteiger partial charge >= 0.3 is 12.1 Å². The molecule has 34 heavy (non-hydrogen) atoms. The fourth-order valence-electron chi connectivity index (χ4n) is 4.51. The van der Waals surface area contributed by atoms with E-state index in [4.69, 9.17) is 9.84 Å². The van der Waals surface area contributed by atoms with Crippen LogP contribution in [0.5, 0.6) is 0 Å². The summed E-state index contributed by atoms with van der Waals surface area (Å²) in [5.74, 6) is -1.16. The normalized spacial score (nSPS) is 13.5. The maximum atomic E-state index is 12.3. The second-order valence-corrected chi connectivity index (χ2v) is 9.98. The number of carboxylic acid groups (broad SMARTS) is 1. The van der Waals surface area contributed by atoms with E-state index < -0.39 is 18.1 Å². The summed E-state index contributed by atoms with van der Waals surface area (Å²) in [6, 6.07) is 15.9. The number of hydrogen-bond acceptors (Lipinski definition) is 4. The predicted octanol–water partition coefficient (Wildman–Crippen LogP) is 4.70. The van der Waals surface area contributed by atoms with E-state index in [9.17, 15) is 14.4 Å². The summed E-state index contributed by atoms with van der Waals surface area (Å²) in [6.45, 7) is 6.56. The summed E-state index contributed by atoms with van der Waals surface area (Å²) in [4.78, 5) is 35.6. The van der Waals surface area contributed by atoms with Crippen molar-refractivity contribution in [1.82, 2.24) is 10.6 Å². The molecule has 182 valence electrons. The van der Waals surface area contributed by atoms with Crippen LogP contribution in [0.25, 0.3) is 11.1 Å². The molecule has 0 bridgehead atoms. The Morgan fingerprint density at radius 1 is 1.00 bits per heavy atom. The Balaban J connectivity index is 1.41. The molecule has 3 rings (SSSR count). The molecule has 7 nitrogen and oxygen atoms in total. The average molecular weight is 467 g/mol. The lowest BCUT2D eigenvalue weighted by atomic mass is 9.87. The highest BCUT2D eigenvalue weighted by molar-refractivity contribution is 5.79. The van der Waals surface area contributed by atoms with Gasteiger partial charge in [0.2, 0.25) is 5.91 Å². The fraction of sp³-hybridized carbons (Fsp3) is 0.444. The second kappa shape index (κ2) is 11.2. The fourth-order valence-corrected chi connectivity index (χ4v) is 4.51. The molecule has 2 aromatic rings. The monoisotopic (exact) mass is 466 g/mol. The van der Waals surface area contributed by atoms with Gasteiger partial charge in [0.1, 0.15) is 6.61 Å². The molecule has 0 spiro atoms. The zero-order valence-corrected chi connectivity index (χ0v) is 20.1. The lowest BCUT2D eigenvalue weighted by Crippen LogP contribution is -2.39. The Labute approximate surface area is 200 Å². The van der Waals surface area contributed by atoms with Crippen molar-refractivity contribution in [1.29, 1.82) is 0 Å². The van der Waals surface area contributed by atoms with Gasteiger partial charge in [-0.2, -0.15) is 0 Å². The number of carbonyl (C=O) groups excluding carboxylic acids is 2. The number of aliphatic carboxylic acids is 1. The second-order valence-electron chi connectivity index (χ2n) is 9.98. The minimum atomic E-state index is -0.938. The van der Waals surface area contributed by atoms with Gasteiger partial charge in [0.15, 0.2) is 0 Å². The SMILES string of the molecule is CC(C)(C)CC(CC(=O)O)NC(=O)CCCNC(=O)OCC1c2ccccc2-c2ccccc21. The molecular formula is C27H34N2O5. The maximum Gasteiger partial charge on any atom is 0.407 e. The first-order chi connectivity index (χ1) is 16.1. The summed E-state index contributed by atoms with van der Waals surface area (Å²) in [6.07, 6.45) is 0.581. The van der Waals surface area contributed by atoms with Crippen molar-refractivity contribution in [2.45, 2.75) is 58.4 Å². The van der Waals surface area contributed by atoms with Gasteiger partial charge in [-0.3, -0.25) is 9.59 Å². The maximum absolute atomic E-state index is 12.3. The minimum Gasteiger partial charge on any atom is -0.481 e. The molecule has 0 fully saturated rings. The van der Waals surface area contributed by atoms with Crippen molar-refractivity contribution in [3.05, 3.63) is 59.7 Å². The highest BCUT2D eigenvalue weighted by Crippen LogP contribution is 2.44. The first-order valence-electron chi connectivity index (χ1n) is 11.7. The standard InChI is InChI=1S/C27H34N2O5/c1-27(2,3)16-18(15-25(31)32)29-24(30)13-8-14-28-26(33)34-17-23-21-11-6-4-9-19(21)20-10-5-7-12-22(20)23/h4-7,9-12,18,23H,8,13-17H2,1-3H3,(H,28,33)(H,29,30)(H,31,32). The number of benzene rings is 2. The molecule has 7 heteroatoms. The van der Waals surface area contributed by atoms with Crippen LogP contribution in [-0.2, 0) is 14.3 Å². The van der Waals surface area contributed by atoms with Gasteiger partial charge in [0, 0.05) is 24.9 Å². The molecule has 0 radical (unpaired) electrons. The Kier molecular flexibility index (Phi) is 8.31. The van der Waals surface area contributed by atoms with Crippen LogP contribution in [0.2, 0.25) is 0 Å². The predicted molar refractivity (Wildman–Crippen MR) is 131 cm³/mol. The Hall–Kier alpha value is -3.35. The molecular weight excluding hydrogens is 432 g/mol. The summed E-state index contributed by atoms with van der Waals surface area (Å²) in [5, 5.41) is 14.6. The number of amides is 2. The molecule has 0 aromatic heterocycles. The van der Waals surface area contributed by atoms with Crippen LogP contribution in [-0.4, -0.2) is 42.3 Å². The third kappa shape index (κ3) is 7.07. The van der Waals surface area contributed by atoms with E-state index >= 15 is 0 Å². The number of ether oxygens (including phenoxy) is 1. The van der Waals surface area contributed by atoms with Crippen molar-refractivity contribution in [2.24, 2.45) is 5.41 Å². The summed E-state index contributed by atoms with van der Waals surface area (Å²) >= 11 is 0. The van der Waals surface area contributed by atoms with Crippen LogP contribution in [0, 0.1) is 5.41 Å². The van der Waals surface area contributed by atoms with Gasteiger partial charge in [0.25, 0.3) is 0 Å². The zero-order chi connectivity index (χ0) is 24.7. The van der Waals surface area contributed by atoms with Crippen molar-refractivity contribution in [3.8, 4) is 11.1 Å². The molecule has 3 N–H and O–H groups in total.